The van der Waals surface area contributed by atoms with Crippen LogP contribution in [0.3, 0.4) is 0 Å². The van der Waals surface area contributed by atoms with Crippen molar-refractivity contribution in [3.63, 3.8) is 0 Å². The van der Waals surface area contributed by atoms with Crippen molar-refractivity contribution in [2.45, 2.75) is 25.7 Å². The molecular weight excluding hydrogens is 336 g/mol. The minimum absolute atomic E-state index is 0.112. The quantitative estimate of drug-likeness (QED) is 0.804. The first-order valence-electron chi connectivity index (χ1n) is 9.67. The molecule has 0 radical (unpaired) electrons. The van der Waals surface area contributed by atoms with Crippen molar-refractivity contribution in [3.8, 4) is 17.2 Å². The molecule has 4 rings (SSSR count). The van der Waals surface area contributed by atoms with Crippen molar-refractivity contribution < 1.29 is 9.53 Å². The van der Waals surface area contributed by atoms with Crippen LogP contribution in [0.5, 0.6) is 0 Å². The van der Waals surface area contributed by atoms with Gasteiger partial charge in [0.15, 0.2) is 0 Å². The lowest BCUT2D eigenvalue weighted by atomic mass is 9.74. The molecule has 4 heteroatoms. The fraction of sp³-hybridized carbons (Fsp3) is 0.391. The topological polar surface area (TPSA) is 53.3 Å². The van der Waals surface area contributed by atoms with E-state index >= 15 is 0 Å². The molecule has 2 aliphatic heterocycles. The van der Waals surface area contributed by atoms with Gasteiger partial charge < -0.3 is 9.64 Å². The molecule has 2 aliphatic rings. The Kier molecular flexibility index (Phi) is 4.96. The Bertz CT molecular complexity index is 855. The summed E-state index contributed by atoms with van der Waals surface area (Å²) >= 11 is 0. The Balaban J connectivity index is 1.52. The average molecular weight is 360 g/mol. The molecule has 138 valence electrons. The highest BCUT2D eigenvalue weighted by Crippen LogP contribution is 2.39. The van der Waals surface area contributed by atoms with Gasteiger partial charge in [0.05, 0.1) is 11.6 Å². The standard InChI is InChI=1S/C23H24N2O2/c24-16-20-4-1-2-5-21(20)18-6-8-19(9-7-18)22(26)25-13-3-10-23(17-25)11-14-27-15-12-23/h1-2,4-9H,3,10-15,17H2. The predicted octanol–water partition coefficient (Wildman–Crippen LogP) is 4.26. The van der Waals surface area contributed by atoms with Gasteiger partial charge in [-0.2, -0.15) is 5.26 Å². The van der Waals surface area contributed by atoms with Crippen molar-refractivity contribution >= 4 is 5.91 Å². The zero-order valence-corrected chi connectivity index (χ0v) is 15.5. The minimum Gasteiger partial charge on any atom is -0.381 e. The van der Waals surface area contributed by atoms with E-state index in [1.54, 1.807) is 0 Å². The first kappa shape index (κ1) is 17.8. The number of rotatable bonds is 2. The maximum atomic E-state index is 13.0. The summed E-state index contributed by atoms with van der Waals surface area (Å²) in [7, 11) is 0. The second-order valence-corrected chi connectivity index (χ2v) is 7.68. The summed E-state index contributed by atoms with van der Waals surface area (Å²) in [6.45, 7) is 3.30. The summed E-state index contributed by atoms with van der Waals surface area (Å²) in [6.07, 6.45) is 4.38. The third-order valence-corrected chi connectivity index (χ3v) is 5.99. The fourth-order valence-corrected chi connectivity index (χ4v) is 4.40. The van der Waals surface area contributed by atoms with Crippen molar-refractivity contribution in [1.29, 1.82) is 5.26 Å². The summed E-state index contributed by atoms with van der Waals surface area (Å²) < 4.78 is 5.53. The van der Waals surface area contributed by atoms with E-state index in [4.69, 9.17) is 4.74 Å². The molecule has 2 aromatic carbocycles. The number of hydrogen-bond acceptors (Lipinski definition) is 3. The zero-order chi connectivity index (χ0) is 18.7. The monoisotopic (exact) mass is 360 g/mol. The Labute approximate surface area is 160 Å². The van der Waals surface area contributed by atoms with Gasteiger partial charge in [-0.1, -0.05) is 30.3 Å². The highest BCUT2D eigenvalue weighted by molar-refractivity contribution is 5.95. The number of benzene rings is 2. The lowest BCUT2D eigenvalue weighted by molar-refractivity contribution is -0.0229. The average Bonchev–Trinajstić information content (AvgIpc) is 2.74. The summed E-state index contributed by atoms with van der Waals surface area (Å²) in [5.41, 5.74) is 3.48. The maximum Gasteiger partial charge on any atom is 0.253 e. The Morgan fingerprint density at radius 2 is 1.78 bits per heavy atom. The van der Waals surface area contributed by atoms with Gasteiger partial charge in [-0.25, -0.2) is 0 Å². The number of hydrogen-bond donors (Lipinski definition) is 0. The second kappa shape index (κ2) is 7.54. The van der Waals surface area contributed by atoms with Crippen molar-refractivity contribution in [3.05, 3.63) is 59.7 Å². The maximum absolute atomic E-state index is 13.0. The number of ether oxygens (including phenoxy) is 1. The van der Waals surface area contributed by atoms with Gasteiger partial charge in [0.1, 0.15) is 0 Å². The van der Waals surface area contributed by atoms with Crippen molar-refractivity contribution in [2.75, 3.05) is 26.3 Å². The number of nitriles is 1. The highest BCUT2D eigenvalue weighted by Gasteiger charge is 2.38. The van der Waals surface area contributed by atoms with E-state index in [1.807, 2.05) is 53.4 Å². The van der Waals surface area contributed by atoms with E-state index in [-0.39, 0.29) is 11.3 Å². The molecule has 0 bridgehead atoms. The van der Waals surface area contributed by atoms with Crippen LogP contribution < -0.4 is 0 Å². The molecule has 4 nitrogen and oxygen atoms in total. The second-order valence-electron chi connectivity index (χ2n) is 7.68. The molecule has 0 N–H and O–H groups in total. The summed E-state index contributed by atoms with van der Waals surface area (Å²) in [5.74, 6) is 0.112. The van der Waals surface area contributed by atoms with E-state index in [0.717, 1.165) is 62.3 Å². The zero-order valence-electron chi connectivity index (χ0n) is 15.5. The van der Waals surface area contributed by atoms with Crippen LogP contribution >= 0.6 is 0 Å². The molecular formula is C23H24N2O2. The lowest BCUT2D eigenvalue weighted by Gasteiger charge is -2.45. The van der Waals surface area contributed by atoms with Crippen molar-refractivity contribution in [1.82, 2.24) is 4.90 Å². The molecule has 0 atom stereocenters. The van der Waals surface area contributed by atoms with E-state index < -0.39 is 0 Å². The SMILES string of the molecule is N#Cc1ccccc1-c1ccc(C(=O)N2CCCC3(CCOCC3)C2)cc1. The van der Waals surface area contributed by atoms with Crippen LogP contribution in [0.25, 0.3) is 11.1 Å². The highest BCUT2D eigenvalue weighted by atomic mass is 16.5. The van der Waals surface area contributed by atoms with Crippen LogP contribution in [0.2, 0.25) is 0 Å². The number of likely N-dealkylation sites (tertiary alicyclic amines) is 1. The van der Waals surface area contributed by atoms with E-state index in [1.165, 1.54) is 6.42 Å². The molecule has 0 saturated carbocycles. The van der Waals surface area contributed by atoms with Crippen LogP contribution in [0.15, 0.2) is 48.5 Å². The normalized spacial score (nSPS) is 18.9. The number of carbonyl (C=O) groups excluding carboxylic acids is 1. The van der Waals surface area contributed by atoms with E-state index in [2.05, 4.69) is 6.07 Å². The van der Waals surface area contributed by atoms with Gasteiger partial charge in [-0.05, 0) is 60.4 Å². The Morgan fingerprint density at radius 1 is 1.04 bits per heavy atom. The molecule has 0 aromatic heterocycles. The number of amides is 1. The molecule has 0 aliphatic carbocycles. The summed E-state index contributed by atoms with van der Waals surface area (Å²) in [5, 5.41) is 9.29. The van der Waals surface area contributed by atoms with Gasteiger partial charge in [0.2, 0.25) is 0 Å². The molecule has 2 heterocycles. The number of nitrogens with zero attached hydrogens (tertiary/aromatic N) is 2. The third-order valence-electron chi connectivity index (χ3n) is 5.99. The predicted molar refractivity (Wildman–Crippen MR) is 104 cm³/mol. The first-order chi connectivity index (χ1) is 13.2. The van der Waals surface area contributed by atoms with Crippen LogP contribution in [0.1, 0.15) is 41.6 Å². The number of piperidine rings is 1. The lowest BCUT2D eigenvalue weighted by Crippen LogP contribution is -2.48. The summed E-state index contributed by atoms with van der Waals surface area (Å²) in [4.78, 5) is 15.1. The molecule has 2 aromatic rings. The number of carbonyl (C=O) groups is 1. The molecule has 2 saturated heterocycles. The third kappa shape index (κ3) is 3.61. The van der Waals surface area contributed by atoms with Gasteiger partial charge in [-0.15, -0.1) is 0 Å². The molecule has 27 heavy (non-hydrogen) atoms. The van der Waals surface area contributed by atoms with Crippen molar-refractivity contribution in [2.24, 2.45) is 5.41 Å². The minimum atomic E-state index is 0.112. The molecule has 2 fully saturated rings. The molecule has 0 unspecified atom stereocenters. The molecule has 1 spiro atoms. The van der Waals surface area contributed by atoms with Gasteiger partial charge in [0, 0.05) is 31.9 Å². The Morgan fingerprint density at radius 3 is 2.52 bits per heavy atom. The fourth-order valence-electron chi connectivity index (χ4n) is 4.40. The van der Waals surface area contributed by atoms with Crippen LogP contribution in [0.4, 0.5) is 0 Å². The molecule has 1 amide bonds. The largest absolute Gasteiger partial charge is 0.381 e. The van der Waals surface area contributed by atoms with Crippen LogP contribution in [-0.2, 0) is 4.74 Å². The van der Waals surface area contributed by atoms with Gasteiger partial charge >= 0.3 is 0 Å². The van der Waals surface area contributed by atoms with Crippen LogP contribution in [-0.4, -0.2) is 37.1 Å². The van der Waals surface area contributed by atoms with E-state index in [9.17, 15) is 10.1 Å². The van der Waals surface area contributed by atoms with Gasteiger partial charge in [0.25, 0.3) is 5.91 Å². The van der Waals surface area contributed by atoms with Crippen LogP contribution in [0, 0.1) is 16.7 Å². The van der Waals surface area contributed by atoms with Gasteiger partial charge in [-0.3, -0.25) is 4.79 Å². The summed E-state index contributed by atoms with van der Waals surface area (Å²) in [6, 6.07) is 17.4. The van der Waals surface area contributed by atoms with E-state index in [0.29, 0.717) is 5.56 Å². The first-order valence-corrected chi connectivity index (χ1v) is 9.67. The smallest absolute Gasteiger partial charge is 0.253 e. The Hall–Kier alpha value is -2.64.